The number of nitrogens with two attached hydrogens (primary N) is 1. The van der Waals surface area contributed by atoms with E-state index in [1.54, 1.807) is 4.57 Å². The molecule has 0 saturated carbocycles. The van der Waals surface area contributed by atoms with E-state index in [0.717, 1.165) is 25.8 Å². The maximum Gasteiger partial charge on any atom is 0.327 e. The standard InChI is InChI=1S/C21H36N6O2/c1-4-7-13-29-20-24-18(22)17-19(25-20)27(21(28)23-17)12-10-15-9-8-11-26(14-15)16(5-2)6-3/h15-16H,4-14H2,1-3H3,(H,23,28)(H2,22,24,25). The fraction of sp³-hybridized carbons (Fsp3) is 0.762. The van der Waals surface area contributed by atoms with Gasteiger partial charge in [-0.15, -0.1) is 0 Å². The number of rotatable bonds is 10. The van der Waals surface area contributed by atoms with Crippen molar-refractivity contribution < 1.29 is 4.74 Å². The lowest BCUT2D eigenvalue weighted by Crippen LogP contribution is -2.42. The largest absolute Gasteiger partial charge is 0.463 e. The maximum absolute atomic E-state index is 12.5. The Morgan fingerprint density at radius 3 is 2.79 bits per heavy atom. The first-order chi connectivity index (χ1) is 14.1. The van der Waals surface area contributed by atoms with Gasteiger partial charge in [-0.25, -0.2) is 4.79 Å². The van der Waals surface area contributed by atoms with Crippen molar-refractivity contribution in [2.45, 2.75) is 78.3 Å². The number of aryl methyl sites for hydroxylation is 1. The molecule has 1 saturated heterocycles. The second kappa shape index (κ2) is 10.1. The van der Waals surface area contributed by atoms with Crippen molar-refractivity contribution in [1.82, 2.24) is 24.4 Å². The molecule has 1 unspecified atom stereocenters. The maximum atomic E-state index is 12.5. The number of anilines is 1. The molecule has 2 aromatic heterocycles. The Labute approximate surface area is 172 Å². The van der Waals surface area contributed by atoms with Crippen molar-refractivity contribution in [3.8, 4) is 6.01 Å². The second-order valence-corrected chi connectivity index (χ2v) is 8.14. The average molecular weight is 405 g/mol. The Morgan fingerprint density at radius 2 is 2.07 bits per heavy atom. The van der Waals surface area contributed by atoms with Crippen molar-refractivity contribution in [2.75, 3.05) is 25.4 Å². The summed E-state index contributed by atoms with van der Waals surface area (Å²) in [6.45, 7) is 10.1. The zero-order valence-electron chi connectivity index (χ0n) is 18.1. The molecule has 0 spiro atoms. The van der Waals surface area contributed by atoms with E-state index in [-0.39, 0.29) is 17.5 Å². The van der Waals surface area contributed by atoms with Gasteiger partial charge in [-0.2, -0.15) is 9.97 Å². The van der Waals surface area contributed by atoms with E-state index < -0.39 is 0 Å². The second-order valence-electron chi connectivity index (χ2n) is 8.14. The molecule has 0 bridgehead atoms. The van der Waals surface area contributed by atoms with Gasteiger partial charge in [0.25, 0.3) is 0 Å². The molecular weight excluding hydrogens is 368 g/mol. The zero-order valence-corrected chi connectivity index (χ0v) is 18.1. The molecule has 3 rings (SSSR count). The lowest BCUT2D eigenvalue weighted by atomic mass is 9.93. The van der Waals surface area contributed by atoms with E-state index in [0.29, 0.717) is 36.3 Å². The van der Waals surface area contributed by atoms with Gasteiger partial charge in [0, 0.05) is 19.1 Å². The highest BCUT2D eigenvalue weighted by atomic mass is 16.5. The molecule has 3 heterocycles. The summed E-state index contributed by atoms with van der Waals surface area (Å²) in [4.78, 5) is 26.6. The van der Waals surface area contributed by atoms with Crippen LogP contribution in [0.1, 0.15) is 65.7 Å². The highest BCUT2D eigenvalue weighted by Crippen LogP contribution is 2.25. The van der Waals surface area contributed by atoms with Gasteiger partial charge in [-0.1, -0.05) is 27.2 Å². The number of unbranched alkanes of at least 4 members (excludes halogenated alkanes) is 1. The molecule has 1 aliphatic heterocycles. The SMILES string of the molecule is CCCCOc1nc(N)c2[nH]c(=O)n(CCC3CCCN(C(CC)CC)C3)c2n1. The first kappa shape index (κ1) is 21.6. The van der Waals surface area contributed by atoms with E-state index in [4.69, 9.17) is 10.5 Å². The van der Waals surface area contributed by atoms with Crippen LogP contribution in [-0.4, -0.2) is 50.2 Å². The van der Waals surface area contributed by atoms with Crippen LogP contribution >= 0.6 is 0 Å². The first-order valence-electron chi connectivity index (χ1n) is 11.2. The Bertz CT molecular complexity index is 842. The molecule has 1 atom stereocenters. The molecule has 3 N–H and O–H groups in total. The van der Waals surface area contributed by atoms with Crippen molar-refractivity contribution in [3.63, 3.8) is 0 Å². The van der Waals surface area contributed by atoms with Crippen LogP contribution in [0.4, 0.5) is 5.82 Å². The number of ether oxygens (including phenoxy) is 1. The molecule has 0 radical (unpaired) electrons. The summed E-state index contributed by atoms with van der Waals surface area (Å²) in [5.74, 6) is 0.857. The van der Waals surface area contributed by atoms with Gasteiger partial charge in [-0.05, 0) is 51.0 Å². The third kappa shape index (κ3) is 5.10. The summed E-state index contributed by atoms with van der Waals surface area (Å²) in [7, 11) is 0. The summed E-state index contributed by atoms with van der Waals surface area (Å²) < 4.78 is 7.31. The third-order valence-corrected chi connectivity index (χ3v) is 6.13. The number of aromatic amines is 1. The van der Waals surface area contributed by atoms with E-state index in [1.807, 2.05) is 0 Å². The minimum Gasteiger partial charge on any atom is -0.463 e. The quantitative estimate of drug-likeness (QED) is 0.590. The van der Waals surface area contributed by atoms with Gasteiger partial charge < -0.3 is 20.4 Å². The van der Waals surface area contributed by atoms with Crippen LogP contribution in [0.2, 0.25) is 0 Å². The molecule has 0 amide bonds. The van der Waals surface area contributed by atoms with Crippen LogP contribution in [-0.2, 0) is 6.54 Å². The van der Waals surface area contributed by atoms with Crippen molar-refractivity contribution in [3.05, 3.63) is 10.5 Å². The minimum atomic E-state index is -0.181. The van der Waals surface area contributed by atoms with Crippen molar-refractivity contribution in [1.29, 1.82) is 0 Å². The number of nitrogens with zero attached hydrogens (tertiary/aromatic N) is 4. The van der Waals surface area contributed by atoms with E-state index >= 15 is 0 Å². The van der Waals surface area contributed by atoms with Crippen molar-refractivity contribution in [2.24, 2.45) is 5.92 Å². The zero-order chi connectivity index (χ0) is 20.8. The molecule has 1 fully saturated rings. The molecule has 1 aliphatic rings. The molecule has 0 aromatic carbocycles. The smallest absolute Gasteiger partial charge is 0.327 e. The van der Waals surface area contributed by atoms with Gasteiger partial charge in [0.2, 0.25) is 0 Å². The van der Waals surface area contributed by atoms with E-state index in [2.05, 4.69) is 40.6 Å². The van der Waals surface area contributed by atoms with E-state index in [9.17, 15) is 4.79 Å². The molecule has 0 aliphatic carbocycles. The molecule has 2 aromatic rings. The van der Waals surface area contributed by atoms with Crippen LogP contribution in [0, 0.1) is 5.92 Å². The summed E-state index contributed by atoms with van der Waals surface area (Å²) in [6.07, 6.45) is 7.76. The number of nitrogens with one attached hydrogen (secondary N) is 1. The lowest BCUT2D eigenvalue weighted by molar-refractivity contribution is 0.111. The lowest BCUT2D eigenvalue weighted by Gasteiger charge is -2.37. The summed E-state index contributed by atoms with van der Waals surface area (Å²) in [5, 5.41) is 0. The molecule has 29 heavy (non-hydrogen) atoms. The van der Waals surface area contributed by atoms with Crippen LogP contribution < -0.4 is 16.2 Å². The summed E-state index contributed by atoms with van der Waals surface area (Å²) in [5.41, 5.74) is 6.91. The molecule has 8 nitrogen and oxygen atoms in total. The Kier molecular flexibility index (Phi) is 7.52. The van der Waals surface area contributed by atoms with E-state index in [1.165, 1.54) is 32.2 Å². The number of likely N-dealkylation sites (tertiary alicyclic amines) is 1. The number of hydrogen-bond acceptors (Lipinski definition) is 6. The third-order valence-electron chi connectivity index (χ3n) is 6.13. The first-order valence-corrected chi connectivity index (χ1v) is 11.2. The summed E-state index contributed by atoms with van der Waals surface area (Å²) in [6, 6.07) is 0.915. The fourth-order valence-corrected chi connectivity index (χ4v) is 4.39. The molecule has 8 heteroatoms. The number of nitrogen functional groups attached to an aromatic ring is 1. The van der Waals surface area contributed by atoms with Gasteiger partial charge >= 0.3 is 11.7 Å². The number of H-pyrrole nitrogens is 1. The van der Waals surface area contributed by atoms with Gasteiger partial charge in [0.1, 0.15) is 5.52 Å². The van der Waals surface area contributed by atoms with Crippen LogP contribution in [0.3, 0.4) is 0 Å². The Hall–Kier alpha value is -2.09. The average Bonchev–Trinajstić information content (AvgIpc) is 3.04. The van der Waals surface area contributed by atoms with Crippen LogP contribution in [0.15, 0.2) is 4.79 Å². The fourth-order valence-electron chi connectivity index (χ4n) is 4.39. The highest BCUT2D eigenvalue weighted by Gasteiger charge is 2.24. The predicted molar refractivity (Wildman–Crippen MR) is 116 cm³/mol. The number of piperidine rings is 1. The van der Waals surface area contributed by atoms with Gasteiger partial charge in [0.05, 0.1) is 6.61 Å². The van der Waals surface area contributed by atoms with Gasteiger partial charge in [-0.3, -0.25) is 4.57 Å². The Morgan fingerprint density at radius 1 is 1.28 bits per heavy atom. The molecule has 162 valence electrons. The Balaban J connectivity index is 1.72. The van der Waals surface area contributed by atoms with Gasteiger partial charge in [0.15, 0.2) is 11.5 Å². The summed E-state index contributed by atoms with van der Waals surface area (Å²) >= 11 is 0. The normalized spacial score (nSPS) is 18.0. The monoisotopic (exact) mass is 404 g/mol. The number of fused-ring (bicyclic) bond motifs is 1. The van der Waals surface area contributed by atoms with Crippen LogP contribution in [0.25, 0.3) is 11.2 Å². The number of imidazole rings is 1. The minimum absolute atomic E-state index is 0.181. The molecular formula is C21H36N6O2. The topological polar surface area (TPSA) is 102 Å². The predicted octanol–water partition coefficient (Wildman–Crippen LogP) is 3.17. The highest BCUT2D eigenvalue weighted by molar-refractivity contribution is 5.81. The number of aromatic nitrogens is 4. The van der Waals surface area contributed by atoms with Crippen molar-refractivity contribution >= 4 is 17.0 Å². The number of hydrogen-bond donors (Lipinski definition) is 2. The van der Waals surface area contributed by atoms with Crippen LogP contribution in [0.5, 0.6) is 6.01 Å².